The van der Waals surface area contributed by atoms with Gasteiger partial charge in [-0.25, -0.2) is 0 Å². The minimum absolute atomic E-state index is 0.000522. The van der Waals surface area contributed by atoms with E-state index in [-0.39, 0.29) is 29.1 Å². The zero-order chi connectivity index (χ0) is 18.2. The third-order valence-electron chi connectivity index (χ3n) is 9.32. The van der Waals surface area contributed by atoms with Crippen molar-refractivity contribution in [3.8, 4) is 0 Å². The van der Waals surface area contributed by atoms with Gasteiger partial charge in [-0.1, -0.05) is 26.3 Å². The molecule has 4 rings (SSSR count). The summed E-state index contributed by atoms with van der Waals surface area (Å²) in [6, 6.07) is 0. The van der Waals surface area contributed by atoms with Crippen molar-refractivity contribution in [2.24, 2.45) is 40.4 Å². The number of fused-ring (bicyclic) bond motifs is 5. The fourth-order valence-electron chi connectivity index (χ4n) is 7.71. The lowest BCUT2D eigenvalue weighted by atomic mass is 9.43. The highest BCUT2D eigenvalue weighted by Gasteiger charge is 2.65. The molecule has 8 atom stereocenters. The van der Waals surface area contributed by atoms with Gasteiger partial charge in [-0.15, -0.1) is 0 Å². The van der Waals surface area contributed by atoms with Crippen molar-refractivity contribution >= 4 is 5.78 Å². The molecule has 0 radical (unpaired) electrons. The second-order valence-electron chi connectivity index (χ2n) is 10.2. The van der Waals surface area contributed by atoms with Crippen LogP contribution in [0.3, 0.4) is 0 Å². The lowest BCUT2D eigenvalue weighted by Crippen LogP contribution is -2.59. The molecule has 3 heteroatoms. The van der Waals surface area contributed by atoms with Crippen LogP contribution in [-0.4, -0.2) is 28.2 Å². The largest absolute Gasteiger partial charge is 0.395 e. The van der Waals surface area contributed by atoms with Crippen LogP contribution in [0.2, 0.25) is 0 Å². The SMILES string of the molecule is CC1C[C@@H]2[C@@H](CC[C@@]3(C)[C@H]2CCC3(C)O)[C@]2(CO)C1=CC(=O)CC2C. The number of hydrogen-bond donors (Lipinski definition) is 2. The molecule has 3 fully saturated rings. The maximum atomic E-state index is 12.2. The summed E-state index contributed by atoms with van der Waals surface area (Å²) in [6.07, 6.45) is 7.66. The molecule has 3 nitrogen and oxygen atoms in total. The number of aliphatic hydroxyl groups is 2. The topological polar surface area (TPSA) is 57.5 Å². The second kappa shape index (κ2) is 5.42. The Morgan fingerprint density at radius 3 is 2.52 bits per heavy atom. The third kappa shape index (κ3) is 2.09. The predicted molar refractivity (Wildman–Crippen MR) is 97.8 cm³/mol. The standard InChI is InChI=1S/C22H34O3/c1-13-9-16-17-6-8-21(4,25)20(17,3)7-5-18(16)22(12-23)14(2)10-15(24)11-19(13)22/h11,13-14,16-18,23,25H,5-10,12H2,1-4H3/t13?,14?,16-,17-,18+,20-,21?,22+/m0/s1. The zero-order valence-electron chi connectivity index (χ0n) is 16.2. The smallest absolute Gasteiger partial charge is 0.155 e. The number of carbonyl (C=O) groups is 1. The Bertz CT molecular complexity index is 621. The van der Waals surface area contributed by atoms with E-state index in [9.17, 15) is 15.0 Å². The quantitative estimate of drug-likeness (QED) is 0.760. The van der Waals surface area contributed by atoms with Gasteiger partial charge in [0.25, 0.3) is 0 Å². The Kier molecular flexibility index (Phi) is 3.84. The summed E-state index contributed by atoms with van der Waals surface area (Å²) in [5.74, 6) is 2.36. The first-order chi connectivity index (χ1) is 11.7. The molecule has 0 saturated heterocycles. The summed E-state index contributed by atoms with van der Waals surface area (Å²) in [4.78, 5) is 12.2. The van der Waals surface area contributed by atoms with E-state index in [1.54, 1.807) is 0 Å². The van der Waals surface area contributed by atoms with E-state index in [1.807, 2.05) is 13.0 Å². The first-order valence-corrected chi connectivity index (χ1v) is 10.3. The highest BCUT2D eigenvalue weighted by Crippen LogP contribution is 2.68. The third-order valence-corrected chi connectivity index (χ3v) is 9.32. The molecule has 140 valence electrons. The molecule has 3 saturated carbocycles. The van der Waals surface area contributed by atoms with Gasteiger partial charge in [0, 0.05) is 11.8 Å². The van der Waals surface area contributed by atoms with Crippen LogP contribution < -0.4 is 0 Å². The molecular weight excluding hydrogens is 312 g/mol. The van der Waals surface area contributed by atoms with E-state index in [0.29, 0.717) is 30.1 Å². The maximum Gasteiger partial charge on any atom is 0.155 e. The summed E-state index contributed by atoms with van der Waals surface area (Å²) in [5.41, 5.74) is 0.446. The van der Waals surface area contributed by atoms with E-state index >= 15 is 0 Å². The van der Waals surface area contributed by atoms with Crippen LogP contribution in [0.25, 0.3) is 0 Å². The molecule has 0 bridgehead atoms. The summed E-state index contributed by atoms with van der Waals surface area (Å²) in [5, 5.41) is 21.6. The van der Waals surface area contributed by atoms with Crippen molar-refractivity contribution in [2.45, 2.75) is 71.8 Å². The van der Waals surface area contributed by atoms with Gasteiger partial charge < -0.3 is 10.2 Å². The molecule has 4 aliphatic rings. The average Bonchev–Trinajstić information content (AvgIpc) is 2.78. The van der Waals surface area contributed by atoms with E-state index in [4.69, 9.17) is 0 Å². The van der Waals surface area contributed by atoms with Gasteiger partial charge in [0.2, 0.25) is 0 Å². The molecule has 0 spiro atoms. The van der Waals surface area contributed by atoms with E-state index in [0.717, 1.165) is 32.1 Å². The summed E-state index contributed by atoms with van der Waals surface area (Å²) < 4.78 is 0. The van der Waals surface area contributed by atoms with Gasteiger partial charge in [0.15, 0.2) is 5.78 Å². The van der Waals surface area contributed by atoms with Crippen molar-refractivity contribution in [3.63, 3.8) is 0 Å². The lowest BCUT2D eigenvalue weighted by molar-refractivity contribution is -0.144. The Morgan fingerprint density at radius 1 is 1.16 bits per heavy atom. The van der Waals surface area contributed by atoms with Crippen LogP contribution >= 0.6 is 0 Å². The zero-order valence-corrected chi connectivity index (χ0v) is 16.2. The molecule has 0 aromatic heterocycles. The average molecular weight is 347 g/mol. The van der Waals surface area contributed by atoms with Crippen molar-refractivity contribution in [1.82, 2.24) is 0 Å². The Morgan fingerprint density at radius 2 is 1.84 bits per heavy atom. The first-order valence-electron chi connectivity index (χ1n) is 10.3. The van der Waals surface area contributed by atoms with E-state index < -0.39 is 5.60 Å². The highest BCUT2D eigenvalue weighted by molar-refractivity contribution is 5.92. The molecule has 0 heterocycles. The van der Waals surface area contributed by atoms with Crippen LogP contribution in [0.15, 0.2) is 11.6 Å². The predicted octanol–water partition coefficient (Wildman–Crippen LogP) is 3.73. The van der Waals surface area contributed by atoms with Crippen LogP contribution in [-0.2, 0) is 4.79 Å². The molecule has 0 aromatic carbocycles. The lowest BCUT2D eigenvalue weighted by Gasteiger charge is -2.62. The second-order valence-corrected chi connectivity index (χ2v) is 10.2. The first kappa shape index (κ1) is 17.7. The normalized spacial score (nSPS) is 55.2. The fourth-order valence-corrected chi connectivity index (χ4v) is 7.71. The molecule has 3 unspecified atom stereocenters. The van der Waals surface area contributed by atoms with Gasteiger partial charge in [-0.2, -0.15) is 0 Å². The van der Waals surface area contributed by atoms with Crippen molar-refractivity contribution in [2.75, 3.05) is 6.61 Å². The van der Waals surface area contributed by atoms with Crippen LogP contribution in [0.1, 0.15) is 66.2 Å². The Balaban J connectivity index is 1.80. The van der Waals surface area contributed by atoms with E-state index in [1.165, 1.54) is 5.57 Å². The van der Waals surface area contributed by atoms with Gasteiger partial charge in [0.05, 0.1) is 12.2 Å². The number of hydrogen-bond acceptors (Lipinski definition) is 3. The summed E-state index contributed by atoms with van der Waals surface area (Å²) in [6.45, 7) is 8.93. The van der Waals surface area contributed by atoms with Gasteiger partial charge in [-0.05, 0) is 80.1 Å². The van der Waals surface area contributed by atoms with Crippen molar-refractivity contribution < 1.29 is 15.0 Å². The minimum Gasteiger partial charge on any atom is -0.395 e. The number of aliphatic hydroxyl groups excluding tert-OH is 1. The fraction of sp³-hybridized carbons (Fsp3) is 0.864. The maximum absolute atomic E-state index is 12.2. The minimum atomic E-state index is -0.567. The Hall–Kier alpha value is -0.670. The van der Waals surface area contributed by atoms with Crippen LogP contribution in [0.4, 0.5) is 0 Å². The summed E-state index contributed by atoms with van der Waals surface area (Å²) in [7, 11) is 0. The molecule has 2 N–H and O–H groups in total. The monoisotopic (exact) mass is 346 g/mol. The van der Waals surface area contributed by atoms with E-state index in [2.05, 4.69) is 20.8 Å². The van der Waals surface area contributed by atoms with Crippen LogP contribution in [0.5, 0.6) is 0 Å². The molecular formula is C22H34O3. The molecule has 0 aliphatic heterocycles. The van der Waals surface area contributed by atoms with Crippen molar-refractivity contribution in [1.29, 1.82) is 0 Å². The van der Waals surface area contributed by atoms with Crippen LogP contribution in [0, 0.1) is 40.4 Å². The van der Waals surface area contributed by atoms with Gasteiger partial charge >= 0.3 is 0 Å². The number of rotatable bonds is 1. The van der Waals surface area contributed by atoms with Crippen molar-refractivity contribution in [3.05, 3.63) is 11.6 Å². The van der Waals surface area contributed by atoms with Gasteiger partial charge in [-0.3, -0.25) is 4.79 Å². The molecule has 25 heavy (non-hydrogen) atoms. The Labute approximate surface area is 151 Å². The summed E-state index contributed by atoms with van der Waals surface area (Å²) >= 11 is 0. The molecule has 4 aliphatic carbocycles. The van der Waals surface area contributed by atoms with Gasteiger partial charge in [0.1, 0.15) is 0 Å². The molecule has 0 aromatic rings. The molecule has 0 amide bonds. The highest BCUT2D eigenvalue weighted by atomic mass is 16.3. The number of ketones is 1. The number of carbonyl (C=O) groups excluding carboxylic acids is 1.